The van der Waals surface area contributed by atoms with Crippen molar-refractivity contribution in [2.24, 2.45) is 5.92 Å². The number of nitrogens with one attached hydrogen (secondary N) is 1. The van der Waals surface area contributed by atoms with Crippen molar-refractivity contribution in [3.63, 3.8) is 0 Å². The molecule has 1 saturated heterocycles. The summed E-state index contributed by atoms with van der Waals surface area (Å²) in [7, 11) is 4.37. The van der Waals surface area contributed by atoms with Gasteiger partial charge in [0.2, 0.25) is 0 Å². The molecule has 1 aromatic heterocycles. The van der Waals surface area contributed by atoms with Crippen LogP contribution >= 0.6 is 0 Å². The van der Waals surface area contributed by atoms with E-state index in [1.807, 2.05) is 30.0 Å². The summed E-state index contributed by atoms with van der Waals surface area (Å²) in [5.41, 5.74) is 2.08. The van der Waals surface area contributed by atoms with Crippen LogP contribution in [0.4, 0.5) is 10.6 Å². The molecule has 0 radical (unpaired) electrons. The van der Waals surface area contributed by atoms with Crippen molar-refractivity contribution in [2.75, 3.05) is 39.0 Å². The van der Waals surface area contributed by atoms with Gasteiger partial charge in [-0.3, -0.25) is 4.90 Å². The van der Waals surface area contributed by atoms with Crippen LogP contribution in [0, 0.1) is 12.8 Å². The summed E-state index contributed by atoms with van der Waals surface area (Å²) in [6.45, 7) is 3.71. The lowest BCUT2D eigenvalue weighted by atomic mass is 9.68. The van der Waals surface area contributed by atoms with Gasteiger partial charge in [0.15, 0.2) is 0 Å². The van der Waals surface area contributed by atoms with Gasteiger partial charge in [0.1, 0.15) is 12.0 Å². The minimum absolute atomic E-state index is 0.0109. The highest BCUT2D eigenvalue weighted by Crippen LogP contribution is 2.49. The topological polar surface area (TPSA) is 71.9 Å². The van der Waals surface area contributed by atoms with Crippen molar-refractivity contribution in [1.82, 2.24) is 19.7 Å². The SMILES string of the molecule is Cc1cccc(NC(O)CN2C[C@]3(CC[C@](c4ccccc4)(N(C)C)CC3)N(CC3CCC3)C2=O)n1. The molecule has 194 valence electrons. The Morgan fingerprint density at radius 3 is 2.42 bits per heavy atom. The Morgan fingerprint density at radius 1 is 1.08 bits per heavy atom. The van der Waals surface area contributed by atoms with Gasteiger partial charge < -0.3 is 20.2 Å². The summed E-state index contributed by atoms with van der Waals surface area (Å²) >= 11 is 0. The van der Waals surface area contributed by atoms with Gasteiger partial charge in [0.25, 0.3) is 0 Å². The molecule has 3 aliphatic rings. The second-order valence-electron chi connectivity index (χ2n) is 11.4. The second kappa shape index (κ2) is 10.0. The number of aromatic nitrogens is 1. The molecule has 1 spiro atoms. The molecule has 7 heteroatoms. The van der Waals surface area contributed by atoms with Crippen LogP contribution in [-0.4, -0.2) is 76.3 Å². The van der Waals surface area contributed by atoms with E-state index in [-0.39, 0.29) is 23.7 Å². The fraction of sp³-hybridized carbons (Fsp3) is 0.586. The van der Waals surface area contributed by atoms with E-state index >= 15 is 0 Å². The summed E-state index contributed by atoms with van der Waals surface area (Å²) in [4.78, 5) is 24.6. The van der Waals surface area contributed by atoms with E-state index in [0.717, 1.165) is 37.9 Å². The van der Waals surface area contributed by atoms with Crippen LogP contribution < -0.4 is 5.32 Å². The van der Waals surface area contributed by atoms with E-state index < -0.39 is 6.23 Å². The number of amides is 2. The van der Waals surface area contributed by atoms with E-state index in [2.05, 4.69) is 64.5 Å². The average molecular weight is 492 g/mol. The van der Waals surface area contributed by atoms with E-state index in [0.29, 0.717) is 18.3 Å². The molecule has 0 bridgehead atoms. The third-order valence-corrected chi connectivity index (χ3v) is 9.00. The predicted molar refractivity (Wildman–Crippen MR) is 143 cm³/mol. The van der Waals surface area contributed by atoms with Gasteiger partial charge in [-0.1, -0.05) is 42.8 Å². The Hall–Kier alpha value is -2.64. The van der Waals surface area contributed by atoms with Gasteiger partial charge in [-0.05, 0) is 83.2 Å². The highest BCUT2D eigenvalue weighted by Gasteiger charge is 2.55. The first-order valence-electron chi connectivity index (χ1n) is 13.5. The molecule has 5 rings (SSSR count). The number of nitrogens with zero attached hydrogens (tertiary/aromatic N) is 4. The maximum atomic E-state index is 13.7. The van der Waals surface area contributed by atoms with Gasteiger partial charge in [0, 0.05) is 24.3 Å². The van der Waals surface area contributed by atoms with Crippen molar-refractivity contribution in [1.29, 1.82) is 0 Å². The summed E-state index contributed by atoms with van der Waals surface area (Å²) in [6.07, 6.45) is 6.81. The number of anilines is 1. The molecule has 1 aliphatic heterocycles. The van der Waals surface area contributed by atoms with Crippen LogP contribution in [0.25, 0.3) is 0 Å². The Balaban J connectivity index is 1.33. The minimum Gasteiger partial charge on any atom is -0.372 e. The first-order valence-corrected chi connectivity index (χ1v) is 13.5. The van der Waals surface area contributed by atoms with Crippen molar-refractivity contribution in [3.8, 4) is 0 Å². The van der Waals surface area contributed by atoms with Crippen LogP contribution in [0.5, 0.6) is 0 Å². The molecular formula is C29H41N5O2. The van der Waals surface area contributed by atoms with Crippen molar-refractivity contribution < 1.29 is 9.90 Å². The Bertz CT molecular complexity index is 1050. The normalized spacial score (nSPS) is 27.5. The molecule has 7 nitrogen and oxygen atoms in total. The van der Waals surface area contributed by atoms with Gasteiger partial charge in [-0.15, -0.1) is 0 Å². The van der Waals surface area contributed by atoms with Gasteiger partial charge >= 0.3 is 6.03 Å². The smallest absolute Gasteiger partial charge is 0.320 e. The van der Waals surface area contributed by atoms with E-state index in [1.165, 1.54) is 24.8 Å². The van der Waals surface area contributed by atoms with Crippen LogP contribution in [0.15, 0.2) is 48.5 Å². The summed E-state index contributed by atoms with van der Waals surface area (Å²) in [6, 6.07) is 16.6. The lowest BCUT2D eigenvalue weighted by Crippen LogP contribution is -2.56. The summed E-state index contributed by atoms with van der Waals surface area (Å²) in [5, 5.41) is 13.9. The Labute approximate surface area is 215 Å². The quantitative estimate of drug-likeness (QED) is 0.535. The zero-order valence-corrected chi connectivity index (χ0v) is 22.0. The van der Waals surface area contributed by atoms with E-state index in [1.54, 1.807) is 0 Å². The Kier molecular flexibility index (Phi) is 6.97. The standard InChI is InChI=1S/C29H41N5O2/c1-22-9-7-14-25(30-22)31-26(35)20-33-21-28(34(27(33)36)19-23-10-8-11-23)15-17-29(18-16-28,32(2)3)24-12-5-4-6-13-24/h4-7,9,12-14,23,26,35H,8,10-11,15-21H2,1-3H3,(H,30,31)/t26?,28-,29+. The fourth-order valence-electron chi connectivity index (χ4n) is 6.58. The second-order valence-corrected chi connectivity index (χ2v) is 11.4. The predicted octanol–water partition coefficient (Wildman–Crippen LogP) is 4.43. The maximum Gasteiger partial charge on any atom is 0.320 e. The number of urea groups is 1. The summed E-state index contributed by atoms with van der Waals surface area (Å²) < 4.78 is 0. The van der Waals surface area contributed by atoms with E-state index in [4.69, 9.17) is 0 Å². The molecule has 2 aliphatic carbocycles. The monoisotopic (exact) mass is 491 g/mol. The molecule has 1 unspecified atom stereocenters. The highest BCUT2D eigenvalue weighted by atomic mass is 16.3. The number of carbonyl (C=O) groups excluding carboxylic acids is 1. The third kappa shape index (κ3) is 4.71. The third-order valence-electron chi connectivity index (χ3n) is 9.00. The largest absolute Gasteiger partial charge is 0.372 e. The highest BCUT2D eigenvalue weighted by molar-refractivity contribution is 5.78. The molecule has 36 heavy (non-hydrogen) atoms. The molecule has 2 heterocycles. The summed E-state index contributed by atoms with van der Waals surface area (Å²) in [5.74, 6) is 1.24. The zero-order valence-electron chi connectivity index (χ0n) is 22.0. The number of aryl methyl sites for hydroxylation is 1. The molecule has 2 amide bonds. The lowest BCUT2D eigenvalue weighted by Gasteiger charge is -2.51. The molecule has 2 N–H and O–H groups in total. The number of benzene rings is 1. The van der Waals surface area contributed by atoms with Crippen molar-refractivity contribution in [3.05, 3.63) is 59.8 Å². The molecule has 2 saturated carbocycles. The molecule has 3 fully saturated rings. The zero-order chi connectivity index (χ0) is 25.3. The minimum atomic E-state index is -0.863. The first-order chi connectivity index (χ1) is 17.3. The van der Waals surface area contributed by atoms with Crippen LogP contribution in [0.1, 0.15) is 56.2 Å². The maximum absolute atomic E-state index is 13.7. The van der Waals surface area contributed by atoms with Crippen molar-refractivity contribution >= 4 is 11.8 Å². The lowest BCUT2D eigenvalue weighted by molar-refractivity contribution is 0.0156. The van der Waals surface area contributed by atoms with Crippen LogP contribution in [0.3, 0.4) is 0 Å². The number of rotatable bonds is 8. The number of aliphatic hydroxyl groups excluding tert-OH is 1. The van der Waals surface area contributed by atoms with Crippen molar-refractivity contribution in [2.45, 2.75) is 69.2 Å². The fourth-order valence-corrected chi connectivity index (χ4v) is 6.58. The van der Waals surface area contributed by atoms with Gasteiger partial charge in [-0.25, -0.2) is 9.78 Å². The number of pyridine rings is 1. The molecule has 2 aromatic rings. The molecular weight excluding hydrogens is 450 g/mol. The number of hydrogen-bond acceptors (Lipinski definition) is 5. The number of β-amino-alcohol motifs (C(OH)–C–C–N with tert-alkyl or cyclic N) is 1. The molecule has 1 atom stereocenters. The van der Waals surface area contributed by atoms with Crippen LogP contribution in [-0.2, 0) is 5.54 Å². The van der Waals surface area contributed by atoms with Gasteiger partial charge in [0.05, 0.1) is 12.1 Å². The molecule has 1 aromatic carbocycles. The first kappa shape index (κ1) is 25.0. The Morgan fingerprint density at radius 2 is 1.81 bits per heavy atom. The van der Waals surface area contributed by atoms with Crippen LogP contribution in [0.2, 0.25) is 0 Å². The van der Waals surface area contributed by atoms with E-state index in [9.17, 15) is 9.90 Å². The number of hydrogen-bond donors (Lipinski definition) is 2. The van der Waals surface area contributed by atoms with Gasteiger partial charge in [-0.2, -0.15) is 0 Å². The number of carbonyl (C=O) groups is 1. The number of aliphatic hydroxyl groups is 1. The average Bonchev–Trinajstić information content (AvgIpc) is 3.07.